The molecule has 1 aromatic carbocycles. The molecule has 2 heterocycles. The van der Waals surface area contributed by atoms with Crippen molar-refractivity contribution in [1.82, 2.24) is 19.7 Å². The topological polar surface area (TPSA) is 43.6 Å². The number of rotatable bonds is 1. The van der Waals surface area contributed by atoms with Crippen molar-refractivity contribution in [3.8, 4) is 5.69 Å². The number of aryl methyl sites for hydroxylation is 2. The summed E-state index contributed by atoms with van der Waals surface area (Å²) in [5, 5.41) is 4.65. The third kappa shape index (κ3) is 1.94. The normalized spacial score (nSPS) is 17.9. The van der Waals surface area contributed by atoms with Gasteiger partial charge in [0, 0.05) is 5.92 Å². The second kappa shape index (κ2) is 4.65. The van der Waals surface area contributed by atoms with Crippen LogP contribution in [0.3, 0.4) is 0 Å². The molecule has 1 aliphatic rings. The molecule has 0 saturated carbocycles. The zero-order valence-corrected chi connectivity index (χ0v) is 12.4. The third-order valence-corrected chi connectivity index (χ3v) is 4.29. The van der Waals surface area contributed by atoms with Crippen molar-refractivity contribution < 1.29 is 0 Å². The minimum atomic E-state index is 0.491. The van der Waals surface area contributed by atoms with E-state index in [9.17, 15) is 0 Å². The van der Waals surface area contributed by atoms with Crippen molar-refractivity contribution in [3.63, 3.8) is 0 Å². The SMILES string of the molecule is Cc1nn(-c2ccccc2)c2nc3c(nc12)CCCC3C. The quantitative estimate of drug-likeness (QED) is 0.683. The van der Waals surface area contributed by atoms with E-state index < -0.39 is 0 Å². The van der Waals surface area contributed by atoms with Crippen LogP contribution in [0.4, 0.5) is 0 Å². The van der Waals surface area contributed by atoms with Gasteiger partial charge in [0.15, 0.2) is 5.65 Å². The fourth-order valence-electron chi connectivity index (χ4n) is 3.15. The van der Waals surface area contributed by atoms with Gasteiger partial charge in [-0.25, -0.2) is 14.6 Å². The molecule has 0 bridgehead atoms. The summed E-state index contributed by atoms with van der Waals surface area (Å²) in [6, 6.07) is 10.2. The van der Waals surface area contributed by atoms with Gasteiger partial charge >= 0.3 is 0 Å². The first kappa shape index (κ1) is 12.5. The average molecular weight is 278 g/mol. The number of hydrogen-bond donors (Lipinski definition) is 0. The maximum absolute atomic E-state index is 4.93. The maximum Gasteiger partial charge on any atom is 0.182 e. The van der Waals surface area contributed by atoms with Crippen molar-refractivity contribution in [2.75, 3.05) is 0 Å². The Balaban J connectivity index is 2.00. The molecule has 4 heteroatoms. The van der Waals surface area contributed by atoms with Crippen molar-refractivity contribution in [3.05, 3.63) is 47.4 Å². The van der Waals surface area contributed by atoms with Crippen LogP contribution in [-0.4, -0.2) is 19.7 Å². The number of hydrogen-bond acceptors (Lipinski definition) is 3. The molecule has 0 amide bonds. The lowest BCUT2D eigenvalue weighted by Crippen LogP contribution is -2.12. The van der Waals surface area contributed by atoms with E-state index >= 15 is 0 Å². The van der Waals surface area contributed by atoms with Gasteiger partial charge in [-0.2, -0.15) is 5.10 Å². The van der Waals surface area contributed by atoms with Gasteiger partial charge in [0.25, 0.3) is 0 Å². The number of fused-ring (bicyclic) bond motifs is 2. The van der Waals surface area contributed by atoms with Gasteiger partial charge in [0.2, 0.25) is 0 Å². The predicted octanol–water partition coefficient (Wildman–Crippen LogP) is 3.56. The molecule has 0 spiro atoms. The van der Waals surface area contributed by atoms with Gasteiger partial charge in [-0.15, -0.1) is 0 Å². The molecule has 4 nitrogen and oxygen atoms in total. The van der Waals surface area contributed by atoms with Crippen molar-refractivity contribution >= 4 is 11.2 Å². The Labute approximate surface area is 123 Å². The Hall–Kier alpha value is -2.23. The number of para-hydroxylation sites is 1. The average Bonchev–Trinajstić information content (AvgIpc) is 2.84. The molecule has 0 saturated heterocycles. The highest BCUT2D eigenvalue weighted by Gasteiger charge is 2.22. The van der Waals surface area contributed by atoms with E-state index in [0.29, 0.717) is 5.92 Å². The number of nitrogens with zero attached hydrogens (tertiary/aromatic N) is 4. The van der Waals surface area contributed by atoms with Crippen LogP contribution in [0.2, 0.25) is 0 Å². The van der Waals surface area contributed by atoms with E-state index in [-0.39, 0.29) is 0 Å². The predicted molar refractivity (Wildman–Crippen MR) is 82.8 cm³/mol. The monoisotopic (exact) mass is 278 g/mol. The number of aromatic nitrogens is 4. The maximum atomic E-state index is 4.93. The van der Waals surface area contributed by atoms with Crippen LogP contribution in [0.5, 0.6) is 0 Å². The van der Waals surface area contributed by atoms with E-state index in [1.807, 2.05) is 29.8 Å². The summed E-state index contributed by atoms with van der Waals surface area (Å²) in [5.74, 6) is 0.491. The molecular formula is C17H18N4. The summed E-state index contributed by atoms with van der Waals surface area (Å²) >= 11 is 0. The highest BCUT2D eigenvalue weighted by molar-refractivity contribution is 5.75. The third-order valence-electron chi connectivity index (χ3n) is 4.29. The number of benzene rings is 1. The Bertz CT molecular complexity index is 805. The highest BCUT2D eigenvalue weighted by atomic mass is 15.3. The summed E-state index contributed by atoms with van der Waals surface area (Å²) in [4.78, 5) is 9.80. The molecular weight excluding hydrogens is 260 g/mol. The lowest BCUT2D eigenvalue weighted by Gasteiger charge is -2.20. The molecule has 2 aromatic heterocycles. The smallest absolute Gasteiger partial charge is 0.182 e. The molecule has 1 unspecified atom stereocenters. The standard InChI is InChI=1S/C17H18N4/c1-11-7-6-10-14-15(11)19-17-16(18-14)12(2)20-21(17)13-8-4-3-5-9-13/h3-5,8-9,11H,6-7,10H2,1-2H3. The van der Waals surface area contributed by atoms with Crippen LogP contribution >= 0.6 is 0 Å². The van der Waals surface area contributed by atoms with Gasteiger partial charge in [-0.3, -0.25) is 0 Å². The van der Waals surface area contributed by atoms with Crippen molar-refractivity contribution in [1.29, 1.82) is 0 Å². The zero-order valence-electron chi connectivity index (χ0n) is 12.4. The van der Waals surface area contributed by atoms with Crippen LogP contribution in [0.1, 0.15) is 42.8 Å². The van der Waals surface area contributed by atoms with Crippen LogP contribution < -0.4 is 0 Å². The summed E-state index contributed by atoms with van der Waals surface area (Å²) < 4.78 is 1.92. The fourth-order valence-corrected chi connectivity index (χ4v) is 3.15. The van der Waals surface area contributed by atoms with E-state index in [4.69, 9.17) is 9.97 Å². The first-order valence-corrected chi connectivity index (χ1v) is 7.55. The minimum Gasteiger partial charge on any atom is -0.246 e. The molecule has 0 aliphatic heterocycles. The fraction of sp³-hybridized carbons (Fsp3) is 0.353. The molecule has 1 atom stereocenters. The highest BCUT2D eigenvalue weighted by Crippen LogP contribution is 2.31. The lowest BCUT2D eigenvalue weighted by atomic mass is 9.91. The van der Waals surface area contributed by atoms with Gasteiger partial charge in [0.1, 0.15) is 5.52 Å². The second-order valence-electron chi connectivity index (χ2n) is 5.85. The molecule has 3 aromatic rings. The van der Waals surface area contributed by atoms with E-state index in [0.717, 1.165) is 40.4 Å². The molecule has 0 N–H and O–H groups in total. The summed E-state index contributed by atoms with van der Waals surface area (Å²) in [5.41, 5.74) is 6.12. The minimum absolute atomic E-state index is 0.491. The zero-order chi connectivity index (χ0) is 14.4. The first-order valence-electron chi connectivity index (χ1n) is 7.55. The Morgan fingerprint density at radius 2 is 1.95 bits per heavy atom. The van der Waals surface area contributed by atoms with Gasteiger partial charge < -0.3 is 0 Å². The van der Waals surface area contributed by atoms with E-state index in [1.54, 1.807) is 0 Å². The largest absolute Gasteiger partial charge is 0.246 e. The van der Waals surface area contributed by atoms with E-state index in [1.165, 1.54) is 12.8 Å². The first-order chi connectivity index (χ1) is 10.2. The molecule has 106 valence electrons. The summed E-state index contributed by atoms with van der Waals surface area (Å²) in [7, 11) is 0. The Morgan fingerprint density at radius 3 is 2.76 bits per heavy atom. The molecule has 1 aliphatic carbocycles. The van der Waals surface area contributed by atoms with Crippen LogP contribution in [0.25, 0.3) is 16.9 Å². The molecule has 4 rings (SSSR count). The van der Waals surface area contributed by atoms with Crippen LogP contribution in [0, 0.1) is 6.92 Å². The molecule has 0 fully saturated rings. The van der Waals surface area contributed by atoms with Gasteiger partial charge in [0.05, 0.1) is 22.8 Å². The van der Waals surface area contributed by atoms with Gasteiger partial charge in [-0.05, 0) is 38.3 Å². The second-order valence-corrected chi connectivity index (χ2v) is 5.85. The summed E-state index contributed by atoms with van der Waals surface area (Å²) in [6.07, 6.45) is 3.45. The van der Waals surface area contributed by atoms with Crippen molar-refractivity contribution in [2.24, 2.45) is 0 Å². The van der Waals surface area contributed by atoms with Gasteiger partial charge in [-0.1, -0.05) is 25.1 Å². The Kier molecular flexibility index (Phi) is 2.77. The van der Waals surface area contributed by atoms with Crippen LogP contribution in [-0.2, 0) is 6.42 Å². The lowest BCUT2D eigenvalue weighted by molar-refractivity contribution is 0.564. The van der Waals surface area contributed by atoms with E-state index in [2.05, 4.69) is 24.2 Å². The Morgan fingerprint density at radius 1 is 1.14 bits per heavy atom. The summed E-state index contributed by atoms with van der Waals surface area (Å²) in [6.45, 7) is 4.25. The van der Waals surface area contributed by atoms with Crippen molar-refractivity contribution in [2.45, 2.75) is 39.0 Å². The molecule has 0 radical (unpaired) electrons. The van der Waals surface area contributed by atoms with Crippen LogP contribution in [0.15, 0.2) is 30.3 Å². The molecule has 21 heavy (non-hydrogen) atoms.